The Hall–Kier alpha value is -2.44. The minimum atomic E-state index is -0.606. The Balaban J connectivity index is 1.79. The smallest absolute Gasteiger partial charge is 0.322 e. The number of hydrogen-bond acceptors (Lipinski definition) is 4. The first-order chi connectivity index (χ1) is 10.6. The van der Waals surface area contributed by atoms with E-state index in [1.165, 1.54) is 0 Å². The van der Waals surface area contributed by atoms with E-state index in [9.17, 15) is 14.4 Å². The molecule has 7 nitrogen and oxygen atoms in total. The van der Waals surface area contributed by atoms with Gasteiger partial charge in [0.15, 0.2) is 0 Å². The second-order valence-corrected chi connectivity index (χ2v) is 5.10. The molecule has 0 aliphatic carbocycles. The topological polar surface area (TPSA) is 91.4 Å². The van der Waals surface area contributed by atoms with E-state index in [2.05, 4.69) is 15.6 Å². The van der Waals surface area contributed by atoms with Gasteiger partial charge in [0, 0.05) is 37.8 Å². The lowest BCUT2D eigenvalue weighted by Crippen LogP contribution is -2.35. The third-order valence-electron chi connectivity index (χ3n) is 3.60. The van der Waals surface area contributed by atoms with E-state index >= 15 is 0 Å². The van der Waals surface area contributed by atoms with Crippen LogP contribution in [0.1, 0.15) is 25.5 Å². The Morgan fingerprint density at radius 1 is 1.36 bits per heavy atom. The fraction of sp³-hybridized carbons (Fsp3) is 0.467. The summed E-state index contributed by atoms with van der Waals surface area (Å²) in [6.07, 6.45) is 2.97. The van der Waals surface area contributed by atoms with Crippen LogP contribution in [0.15, 0.2) is 24.4 Å². The lowest BCUT2D eigenvalue weighted by Gasteiger charge is -2.21. The number of rotatable bonds is 7. The van der Waals surface area contributed by atoms with Gasteiger partial charge in [0.25, 0.3) is 5.91 Å². The zero-order chi connectivity index (χ0) is 15.9. The summed E-state index contributed by atoms with van der Waals surface area (Å²) in [6, 6.07) is 4.60. The summed E-state index contributed by atoms with van der Waals surface area (Å²) in [6.45, 7) is 3.12. The first-order valence-electron chi connectivity index (χ1n) is 7.39. The Bertz CT molecular complexity index is 547. The zero-order valence-electron chi connectivity index (χ0n) is 12.5. The average Bonchev–Trinajstić information content (AvgIpc) is 2.84. The molecule has 1 aliphatic heterocycles. The molecule has 22 heavy (non-hydrogen) atoms. The monoisotopic (exact) mass is 304 g/mol. The molecular weight excluding hydrogens is 284 g/mol. The zero-order valence-corrected chi connectivity index (χ0v) is 12.5. The van der Waals surface area contributed by atoms with Crippen molar-refractivity contribution in [3.8, 4) is 0 Å². The summed E-state index contributed by atoms with van der Waals surface area (Å²) in [7, 11) is 0. The number of carbonyl (C=O) groups excluding carboxylic acids is 3. The minimum Gasteiger partial charge on any atom is -0.343 e. The maximum atomic E-state index is 12.2. The Morgan fingerprint density at radius 2 is 2.18 bits per heavy atom. The molecule has 1 atom stereocenters. The van der Waals surface area contributed by atoms with Gasteiger partial charge in [-0.25, -0.2) is 4.79 Å². The molecule has 118 valence electrons. The Morgan fingerprint density at radius 3 is 2.77 bits per heavy atom. The molecular formula is C15H20N4O3. The highest BCUT2D eigenvalue weighted by Gasteiger charge is 2.29. The molecule has 1 aliphatic rings. The van der Waals surface area contributed by atoms with Crippen molar-refractivity contribution in [2.75, 3.05) is 13.1 Å². The van der Waals surface area contributed by atoms with Gasteiger partial charge in [-0.3, -0.25) is 19.9 Å². The molecule has 1 saturated heterocycles. The predicted molar refractivity (Wildman–Crippen MR) is 79.9 cm³/mol. The second-order valence-electron chi connectivity index (χ2n) is 5.10. The number of amides is 4. The quantitative estimate of drug-likeness (QED) is 0.716. The molecule has 7 heteroatoms. The van der Waals surface area contributed by atoms with E-state index in [1.54, 1.807) is 11.1 Å². The summed E-state index contributed by atoms with van der Waals surface area (Å²) < 4.78 is 0. The molecule has 0 spiro atoms. The molecule has 0 aromatic carbocycles. The van der Waals surface area contributed by atoms with Crippen molar-refractivity contribution in [3.05, 3.63) is 30.1 Å². The van der Waals surface area contributed by atoms with Crippen LogP contribution < -0.4 is 10.6 Å². The van der Waals surface area contributed by atoms with Gasteiger partial charge in [-0.05, 0) is 25.5 Å². The van der Waals surface area contributed by atoms with Crippen molar-refractivity contribution in [1.29, 1.82) is 0 Å². The molecule has 2 N–H and O–H groups in total. The molecule has 0 bridgehead atoms. The van der Waals surface area contributed by atoms with E-state index in [0.29, 0.717) is 25.9 Å². The highest BCUT2D eigenvalue weighted by Crippen LogP contribution is 2.06. The van der Waals surface area contributed by atoms with Crippen LogP contribution in [0.5, 0.6) is 0 Å². The number of likely N-dealkylation sites (N-methyl/N-ethyl adjacent to an activating group) is 1. The van der Waals surface area contributed by atoms with E-state index < -0.39 is 12.1 Å². The molecule has 2 rings (SSSR count). The Labute approximate surface area is 129 Å². The van der Waals surface area contributed by atoms with Gasteiger partial charge in [0.05, 0.1) is 0 Å². The first-order valence-corrected chi connectivity index (χ1v) is 7.39. The van der Waals surface area contributed by atoms with Crippen LogP contribution in [0.25, 0.3) is 0 Å². The van der Waals surface area contributed by atoms with Gasteiger partial charge >= 0.3 is 6.03 Å². The van der Waals surface area contributed by atoms with Gasteiger partial charge in [-0.2, -0.15) is 0 Å². The number of nitrogens with one attached hydrogen (secondary N) is 2. The third kappa shape index (κ3) is 4.28. The van der Waals surface area contributed by atoms with Gasteiger partial charge in [0.2, 0.25) is 5.91 Å². The molecule has 4 amide bonds. The number of imide groups is 1. The van der Waals surface area contributed by atoms with Crippen LogP contribution in [-0.4, -0.2) is 46.9 Å². The second kappa shape index (κ2) is 7.53. The lowest BCUT2D eigenvalue weighted by molar-refractivity contribution is -0.131. The molecule has 1 aromatic heterocycles. The molecule has 1 aromatic rings. The van der Waals surface area contributed by atoms with Crippen molar-refractivity contribution >= 4 is 17.8 Å². The number of pyridine rings is 1. The third-order valence-corrected chi connectivity index (χ3v) is 3.60. The SMILES string of the molecule is CCN(CCc1ccccn1)C(=O)CC[C@H]1NC(=O)NC1=O. The number of aromatic nitrogens is 1. The van der Waals surface area contributed by atoms with Crippen LogP contribution in [0, 0.1) is 0 Å². The summed E-state index contributed by atoms with van der Waals surface area (Å²) in [5.41, 5.74) is 0.941. The number of nitrogens with zero attached hydrogens (tertiary/aromatic N) is 2. The van der Waals surface area contributed by atoms with Gasteiger partial charge < -0.3 is 10.2 Å². The molecule has 0 saturated carbocycles. The van der Waals surface area contributed by atoms with Crippen LogP contribution in [0.4, 0.5) is 4.79 Å². The minimum absolute atomic E-state index is 0.0209. The summed E-state index contributed by atoms with van der Waals surface area (Å²) in [4.78, 5) is 40.6. The van der Waals surface area contributed by atoms with Crippen molar-refractivity contribution in [1.82, 2.24) is 20.5 Å². The van der Waals surface area contributed by atoms with Gasteiger partial charge in [0.1, 0.15) is 6.04 Å². The van der Waals surface area contributed by atoms with E-state index in [4.69, 9.17) is 0 Å². The maximum Gasteiger partial charge on any atom is 0.322 e. The number of urea groups is 1. The van der Waals surface area contributed by atoms with Crippen molar-refractivity contribution in [3.63, 3.8) is 0 Å². The van der Waals surface area contributed by atoms with Crippen molar-refractivity contribution in [2.24, 2.45) is 0 Å². The Kier molecular flexibility index (Phi) is 5.46. The average molecular weight is 304 g/mol. The van der Waals surface area contributed by atoms with E-state index in [0.717, 1.165) is 5.69 Å². The maximum absolute atomic E-state index is 12.2. The van der Waals surface area contributed by atoms with Crippen LogP contribution in [0.2, 0.25) is 0 Å². The van der Waals surface area contributed by atoms with Crippen molar-refractivity contribution in [2.45, 2.75) is 32.2 Å². The standard InChI is InChI=1S/C15H20N4O3/c1-2-19(10-8-11-5-3-4-9-16-11)13(20)7-6-12-14(21)18-15(22)17-12/h3-5,9,12H,2,6-8,10H2,1H3,(H2,17,18,21,22)/t12-/m1/s1. The fourth-order valence-corrected chi connectivity index (χ4v) is 2.34. The predicted octanol–water partition coefficient (Wildman–Crippen LogP) is 0.461. The normalized spacial score (nSPS) is 17.0. The van der Waals surface area contributed by atoms with Gasteiger partial charge in [-0.1, -0.05) is 6.07 Å². The van der Waals surface area contributed by atoms with E-state index in [1.807, 2.05) is 25.1 Å². The largest absolute Gasteiger partial charge is 0.343 e. The summed E-state index contributed by atoms with van der Waals surface area (Å²) in [5, 5.41) is 4.65. The number of hydrogen-bond donors (Lipinski definition) is 2. The molecule has 1 fully saturated rings. The highest BCUT2D eigenvalue weighted by molar-refractivity contribution is 6.04. The van der Waals surface area contributed by atoms with Gasteiger partial charge in [-0.15, -0.1) is 0 Å². The van der Waals surface area contributed by atoms with Crippen LogP contribution in [0.3, 0.4) is 0 Å². The number of carbonyl (C=O) groups is 3. The van der Waals surface area contributed by atoms with Crippen LogP contribution >= 0.6 is 0 Å². The molecule has 2 heterocycles. The molecule has 0 unspecified atom stereocenters. The van der Waals surface area contributed by atoms with Crippen LogP contribution in [-0.2, 0) is 16.0 Å². The lowest BCUT2D eigenvalue weighted by atomic mass is 10.1. The first kappa shape index (κ1) is 15.9. The van der Waals surface area contributed by atoms with Crippen molar-refractivity contribution < 1.29 is 14.4 Å². The fourth-order valence-electron chi connectivity index (χ4n) is 2.34. The summed E-state index contributed by atoms with van der Waals surface area (Å²) >= 11 is 0. The summed E-state index contributed by atoms with van der Waals surface area (Å²) in [5.74, 6) is -0.387. The molecule has 0 radical (unpaired) electrons. The van der Waals surface area contributed by atoms with E-state index in [-0.39, 0.29) is 18.2 Å². The highest BCUT2D eigenvalue weighted by atomic mass is 16.2.